The van der Waals surface area contributed by atoms with Crippen LogP contribution in [0.3, 0.4) is 0 Å². The Morgan fingerprint density at radius 3 is 1.57 bits per heavy atom. The van der Waals surface area contributed by atoms with Gasteiger partial charge in [-0.25, -0.2) is 15.0 Å². The number of rotatable bonds is 4. The largest absolute Gasteiger partial charge is 0.208 e. The van der Waals surface area contributed by atoms with E-state index in [1.54, 1.807) is 0 Å². The Kier molecular flexibility index (Phi) is 6.73. The summed E-state index contributed by atoms with van der Waals surface area (Å²) in [5, 5.41) is 12.3. The van der Waals surface area contributed by atoms with Gasteiger partial charge in [-0.1, -0.05) is 140 Å². The molecule has 11 aromatic rings. The third-order valence-electron chi connectivity index (χ3n) is 10.5. The summed E-state index contributed by atoms with van der Waals surface area (Å²) in [4.78, 5) is 15.4. The SMILES string of the molecule is c1ccc2cc(-c3ccc(-c4nc(-c5ccc6c(ccc7c8ccccc8ccc67)c5)nc(-c5ccc6sc7ccccc7c6c5)n4)cc3)ccc2c1. The molecule has 0 N–H and O–H groups in total. The average molecular weight is 692 g/mol. The maximum atomic E-state index is 5.16. The van der Waals surface area contributed by atoms with Crippen molar-refractivity contribution in [1.82, 2.24) is 15.0 Å². The molecule has 0 aliphatic carbocycles. The van der Waals surface area contributed by atoms with Gasteiger partial charge >= 0.3 is 0 Å². The van der Waals surface area contributed by atoms with Crippen LogP contribution in [0.5, 0.6) is 0 Å². The molecule has 0 fully saturated rings. The van der Waals surface area contributed by atoms with Crippen molar-refractivity contribution in [2.75, 3.05) is 0 Å². The number of aromatic nitrogens is 3. The van der Waals surface area contributed by atoms with Gasteiger partial charge in [-0.05, 0) is 90.6 Å². The molecular weight excluding hydrogens is 663 g/mol. The summed E-state index contributed by atoms with van der Waals surface area (Å²) < 4.78 is 2.53. The maximum Gasteiger partial charge on any atom is 0.164 e. The molecule has 0 bridgehead atoms. The van der Waals surface area contributed by atoms with Crippen molar-refractivity contribution < 1.29 is 0 Å². The highest BCUT2D eigenvalue weighted by atomic mass is 32.1. The van der Waals surface area contributed by atoms with Crippen molar-refractivity contribution in [3.05, 3.63) is 176 Å². The number of hydrogen-bond acceptors (Lipinski definition) is 4. The third kappa shape index (κ3) is 5.07. The zero-order valence-electron chi connectivity index (χ0n) is 28.5. The molecule has 11 rings (SSSR count). The van der Waals surface area contributed by atoms with E-state index < -0.39 is 0 Å². The zero-order chi connectivity index (χ0) is 34.9. The highest BCUT2D eigenvalue weighted by Crippen LogP contribution is 2.37. The smallest absolute Gasteiger partial charge is 0.164 e. The first kappa shape index (κ1) is 29.9. The van der Waals surface area contributed by atoms with Crippen molar-refractivity contribution in [3.8, 4) is 45.3 Å². The fourth-order valence-corrected chi connectivity index (χ4v) is 8.86. The minimum absolute atomic E-state index is 0.649. The lowest BCUT2D eigenvalue weighted by Gasteiger charge is -2.11. The highest BCUT2D eigenvalue weighted by Gasteiger charge is 2.16. The molecule has 0 spiro atoms. The second-order valence-corrected chi connectivity index (χ2v) is 14.7. The predicted octanol–water partition coefficient (Wildman–Crippen LogP) is 13.5. The van der Waals surface area contributed by atoms with E-state index in [-0.39, 0.29) is 0 Å². The van der Waals surface area contributed by atoms with Gasteiger partial charge in [0, 0.05) is 36.9 Å². The summed E-state index contributed by atoms with van der Waals surface area (Å²) in [6.45, 7) is 0. The van der Waals surface area contributed by atoms with Crippen LogP contribution >= 0.6 is 11.3 Å². The number of benzene rings is 9. The van der Waals surface area contributed by atoms with Crippen LogP contribution in [-0.4, -0.2) is 15.0 Å². The van der Waals surface area contributed by atoms with Crippen LogP contribution in [0.15, 0.2) is 176 Å². The van der Waals surface area contributed by atoms with Gasteiger partial charge in [0.25, 0.3) is 0 Å². The van der Waals surface area contributed by atoms with Crippen molar-refractivity contribution in [2.45, 2.75) is 0 Å². The molecule has 53 heavy (non-hydrogen) atoms. The average Bonchev–Trinajstić information content (AvgIpc) is 3.61. The minimum atomic E-state index is 0.649. The topological polar surface area (TPSA) is 38.7 Å². The second-order valence-electron chi connectivity index (χ2n) is 13.6. The van der Waals surface area contributed by atoms with Crippen molar-refractivity contribution in [3.63, 3.8) is 0 Å². The van der Waals surface area contributed by atoms with Gasteiger partial charge in [0.15, 0.2) is 17.5 Å². The van der Waals surface area contributed by atoms with Crippen LogP contribution in [-0.2, 0) is 0 Å². The van der Waals surface area contributed by atoms with Crippen LogP contribution in [0.1, 0.15) is 0 Å². The molecule has 0 aliphatic heterocycles. The molecular formula is C49H29N3S. The molecule has 0 amide bonds. The van der Waals surface area contributed by atoms with E-state index >= 15 is 0 Å². The first-order valence-electron chi connectivity index (χ1n) is 17.8. The summed E-state index contributed by atoms with van der Waals surface area (Å²) in [5.41, 5.74) is 5.20. The molecule has 0 unspecified atom stereocenters. The number of hydrogen-bond donors (Lipinski definition) is 0. The summed E-state index contributed by atoms with van der Waals surface area (Å²) in [6.07, 6.45) is 0. The lowest BCUT2D eigenvalue weighted by molar-refractivity contribution is 1.08. The fourth-order valence-electron chi connectivity index (χ4n) is 7.78. The van der Waals surface area contributed by atoms with Crippen LogP contribution in [0.4, 0.5) is 0 Å². The first-order valence-corrected chi connectivity index (χ1v) is 18.7. The lowest BCUT2D eigenvalue weighted by atomic mass is 9.96. The predicted molar refractivity (Wildman–Crippen MR) is 224 cm³/mol. The Bertz CT molecular complexity index is 3230. The summed E-state index contributed by atoms with van der Waals surface area (Å²) >= 11 is 1.81. The standard InChI is InChI=1S/C49H29N3S/c1-2-9-34-27-35(18-15-30(34)7-1)31-13-16-33(17-14-31)47-50-48(52-49(51-47)38-22-26-46-44(29-38)43-11-5-6-12-45(43)53-46)37-21-23-40-36(28-37)20-25-41-39-10-4-3-8-32(39)19-24-42(40)41/h1-29H. The highest BCUT2D eigenvalue weighted by molar-refractivity contribution is 7.25. The van der Waals surface area contributed by atoms with Crippen LogP contribution < -0.4 is 0 Å². The van der Waals surface area contributed by atoms with E-state index in [2.05, 4.69) is 176 Å². The van der Waals surface area contributed by atoms with Crippen molar-refractivity contribution in [1.29, 1.82) is 0 Å². The third-order valence-corrected chi connectivity index (χ3v) is 11.6. The van der Waals surface area contributed by atoms with Crippen LogP contribution in [0, 0.1) is 0 Å². The number of fused-ring (bicyclic) bond motifs is 9. The summed E-state index contributed by atoms with van der Waals surface area (Å²) in [6, 6.07) is 62.9. The molecule has 2 aromatic heterocycles. The Morgan fingerprint density at radius 2 is 0.755 bits per heavy atom. The van der Waals surface area contributed by atoms with Gasteiger partial charge in [0.2, 0.25) is 0 Å². The van der Waals surface area contributed by atoms with Gasteiger partial charge in [-0.15, -0.1) is 11.3 Å². The monoisotopic (exact) mass is 691 g/mol. The normalized spacial score (nSPS) is 11.8. The van der Waals surface area contributed by atoms with E-state index in [1.165, 1.54) is 63.4 Å². The van der Waals surface area contributed by atoms with Gasteiger partial charge in [-0.2, -0.15) is 0 Å². The zero-order valence-corrected chi connectivity index (χ0v) is 29.3. The Hall–Kier alpha value is -6.75. The van der Waals surface area contributed by atoms with E-state index in [0.29, 0.717) is 17.5 Å². The molecule has 0 atom stereocenters. The lowest BCUT2D eigenvalue weighted by Crippen LogP contribution is -2.00. The van der Waals surface area contributed by atoms with Crippen molar-refractivity contribution in [2.24, 2.45) is 0 Å². The van der Waals surface area contributed by atoms with E-state index in [4.69, 9.17) is 15.0 Å². The molecule has 0 radical (unpaired) electrons. The summed E-state index contributed by atoms with van der Waals surface area (Å²) in [7, 11) is 0. The molecule has 0 saturated carbocycles. The molecule has 3 nitrogen and oxygen atoms in total. The Balaban J connectivity index is 1.06. The van der Waals surface area contributed by atoms with E-state index in [9.17, 15) is 0 Å². The Labute approximate surface area is 309 Å². The van der Waals surface area contributed by atoms with Crippen LogP contribution in [0.25, 0.3) is 109 Å². The molecule has 4 heteroatoms. The maximum absolute atomic E-state index is 5.16. The van der Waals surface area contributed by atoms with Gasteiger partial charge in [-0.3, -0.25) is 0 Å². The molecule has 246 valence electrons. The first-order chi connectivity index (χ1) is 26.2. The van der Waals surface area contributed by atoms with Gasteiger partial charge in [0.1, 0.15) is 0 Å². The number of thiophene rings is 1. The molecule has 0 aliphatic rings. The van der Waals surface area contributed by atoms with Crippen molar-refractivity contribution >= 4 is 74.6 Å². The Morgan fingerprint density at radius 1 is 0.264 bits per heavy atom. The number of nitrogens with zero attached hydrogens (tertiary/aromatic N) is 3. The van der Waals surface area contributed by atoms with Gasteiger partial charge < -0.3 is 0 Å². The molecule has 0 saturated heterocycles. The minimum Gasteiger partial charge on any atom is -0.208 e. The molecule has 2 heterocycles. The molecule has 9 aromatic carbocycles. The fraction of sp³-hybridized carbons (Fsp3) is 0. The van der Waals surface area contributed by atoms with E-state index in [1.807, 2.05) is 11.3 Å². The van der Waals surface area contributed by atoms with Crippen LogP contribution in [0.2, 0.25) is 0 Å². The van der Waals surface area contributed by atoms with E-state index in [0.717, 1.165) is 27.6 Å². The quantitative estimate of drug-likeness (QED) is 0.172. The second kappa shape index (κ2) is 11.9. The summed E-state index contributed by atoms with van der Waals surface area (Å²) in [5.74, 6) is 1.96. The van der Waals surface area contributed by atoms with Gasteiger partial charge in [0.05, 0.1) is 0 Å².